The number of oxime groups is 1. The zero-order valence-electron chi connectivity index (χ0n) is 11.4. The lowest BCUT2D eigenvalue weighted by Crippen LogP contribution is -2.45. The van der Waals surface area contributed by atoms with Crippen LogP contribution in [0, 0.1) is 5.92 Å². The minimum atomic E-state index is -0.739. The van der Waals surface area contributed by atoms with E-state index in [1.807, 2.05) is 6.92 Å². The molecule has 0 rings (SSSR count). The number of likely N-dealkylation sites (N-methyl/N-ethyl adjacent to an activating group) is 1. The number of hydrogen-bond acceptors (Lipinski definition) is 4. The van der Waals surface area contributed by atoms with Crippen molar-refractivity contribution in [1.82, 2.24) is 9.80 Å². The molecule has 104 valence electrons. The molecule has 0 fully saturated rings. The van der Waals surface area contributed by atoms with Gasteiger partial charge in [0.1, 0.15) is 0 Å². The van der Waals surface area contributed by atoms with Crippen LogP contribution in [0.4, 0.5) is 0 Å². The third kappa shape index (κ3) is 4.60. The van der Waals surface area contributed by atoms with Gasteiger partial charge in [0.25, 0.3) is 0 Å². The number of rotatable bonds is 6. The van der Waals surface area contributed by atoms with E-state index in [-0.39, 0.29) is 24.2 Å². The predicted molar refractivity (Wildman–Crippen MR) is 68.1 cm³/mol. The smallest absolute Gasteiger partial charge is 0.241 e. The van der Waals surface area contributed by atoms with Crippen LogP contribution in [-0.4, -0.2) is 59.8 Å². The molecule has 0 saturated heterocycles. The topological polar surface area (TPSA) is 99.2 Å². The van der Waals surface area contributed by atoms with Gasteiger partial charge >= 0.3 is 0 Å². The van der Waals surface area contributed by atoms with Crippen molar-refractivity contribution in [3.8, 4) is 0 Å². The Morgan fingerprint density at radius 3 is 2.33 bits per heavy atom. The Kier molecular flexibility index (Phi) is 6.77. The second-order valence-corrected chi connectivity index (χ2v) is 4.29. The van der Waals surface area contributed by atoms with Gasteiger partial charge in [-0.3, -0.25) is 9.59 Å². The summed E-state index contributed by atoms with van der Waals surface area (Å²) in [4.78, 5) is 26.5. The molecule has 0 spiro atoms. The maximum Gasteiger partial charge on any atom is 0.241 e. The molecule has 0 aromatic heterocycles. The van der Waals surface area contributed by atoms with E-state index in [4.69, 9.17) is 10.9 Å². The van der Waals surface area contributed by atoms with E-state index in [2.05, 4.69) is 5.16 Å². The van der Waals surface area contributed by atoms with Crippen molar-refractivity contribution < 1.29 is 14.8 Å². The number of nitrogens with zero attached hydrogens (tertiary/aromatic N) is 3. The van der Waals surface area contributed by atoms with E-state index < -0.39 is 5.92 Å². The van der Waals surface area contributed by atoms with Crippen LogP contribution in [-0.2, 0) is 9.59 Å². The summed E-state index contributed by atoms with van der Waals surface area (Å²) >= 11 is 0. The van der Waals surface area contributed by atoms with Gasteiger partial charge in [0.15, 0.2) is 5.84 Å². The van der Waals surface area contributed by atoms with Crippen molar-refractivity contribution in [2.45, 2.75) is 20.3 Å². The Hall–Kier alpha value is -1.79. The monoisotopic (exact) mass is 258 g/mol. The molecule has 7 heteroatoms. The summed E-state index contributed by atoms with van der Waals surface area (Å²) in [7, 11) is 3.26. The number of nitrogens with two attached hydrogens (primary N) is 1. The molecule has 0 aliphatic heterocycles. The van der Waals surface area contributed by atoms with Gasteiger partial charge in [0, 0.05) is 20.6 Å². The second-order valence-electron chi connectivity index (χ2n) is 4.29. The molecule has 0 heterocycles. The molecule has 7 nitrogen and oxygen atoms in total. The normalized spacial score (nSPS) is 13.0. The minimum Gasteiger partial charge on any atom is -0.409 e. The Morgan fingerprint density at radius 2 is 1.94 bits per heavy atom. The van der Waals surface area contributed by atoms with Crippen LogP contribution in [0.25, 0.3) is 0 Å². The van der Waals surface area contributed by atoms with Gasteiger partial charge in [-0.1, -0.05) is 12.1 Å². The van der Waals surface area contributed by atoms with E-state index >= 15 is 0 Å². The first-order valence-electron chi connectivity index (χ1n) is 5.81. The molecule has 1 atom stereocenters. The number of carbonyl (C=O) groups is 2. The molecule has 0 aliphatic rings. The van der Waals surface area contributed by atoms with E-state index in [1.165, 1.54) is 9.80 Å². The van der Waals surface area contributed by atoms with Crippen molar-refractivity contribution in [1.29, 1.82) is 0 Å². The Morgan fingerprint density at radius 1 is 1.39 bits per heavy atom. The third-order valence-electron chi connectivity index (χ3n) is 2.56. The molecule has 2 amide bonds. The molecule has 1 unspecified atom stereocenters. The largest absolute Gasteiger partial charge is 0.409 e. The van der Waals surface area contributed by atoms with Gasteiger partial charge in [0.05, 0.1) is 12.5 Å². The first kappa shape index (κ1) is 16.2. The fourth-order valence-electron chi connectivity index (χ4n) is 1.33. The van der Waals surface area contributed by atoms with Crippen molar-refractivity contribution in [2.24, 2.45) is 16.8 Å². The lowest BCUT2D eigenvalue weighted by atomic mass is 10.1. The molecule has 0 saturated carbocycles. The molecular weight excluding hydrogens is 236 g/mol. The van der Waals surface area contributed by atoms with Crippen molar-refractivity contribution in [3.63, 3.8) is 0 Å². The standard InChI is InChI=1S/C11H22N4O3/c1-5-6-15(7-9(16)14(3)4)11(17)8(2)10(12)13-18/h8,18H,5-7H2,1-4H3,(H2,12,13). The first-order chi connectivity index (χ1) is 8.34. The van der Waals surface area contributed by atoms with E-state index in [1.54, 1.807) is 21.0 Å². The summed E-state index contributed by atoms with van der Waals surface area (Å²) < 4.78 is 0. The molecule has 18 heavy (non-hydrogen) atoms. The van der Waals surface area contributed by atoms with Crippen LogP contribution in [0.15, 0.2) is 5.16 Å². The first-order valence-corrected chi connectivity index (χ1v) is 5.81. The molecular formula is C11H22N4O3. The summed E-state index contributed by atoms with van der Waals surface area (Å²) in [5.74, 6) is -1.37. The fraction of sp³-hybridized carbons (Fsp3) is 0.727. The van der Waals surface area contributed by atoms with Crippen LogP contribution in [0.2, 0.25) is 0 Å². The minimum absolute atomic E-state index is 0.00270. The average molecular weight is 258 g/mol. The molecule has 0 aromatic carbocycles. The maximum absolute atomic E-state index is 12.1. The SMILES string of the molecule is CCCN(CC(=O)N(C)C)C(=O)C(C)C(N)=NO. The lowest BCUT2D eigenvalue weighted by Gasteiger charge is -2.25. The molecule has 0 radical (unpaired) electrons. The molecule has 0 aliphatic carbocycles. The number of amidine groups is 1. The van der Waals surface area contributed by atoms with Crippen LogP contribution in [0.3, 0.4) is 0 Å². The van der Waals surface area contributed by atoms with Crippen LogP contribution < -0.4 is 5.73 Å². The van der Waals surface area contributed by atoms with Gasteiger partial charge in [0.2, 0.25) is 11.8 Å². The Balaban J connectivity index is 4.79. The van der Waals surface area contributed by atoms with Gasteiger partial charge in [-0.05, 0) is 13.3 Å². The quantitative estimate of drug-likeness (QED) is 0.295. The number of carbonyl (C=O) groups excluding carboxylic acids is 2. The van der Waals surface area contributed by atoms with Gasteiger partial charge in [-0.15, -0.1) is 0 Å². The fourth-order valence-corrected chi connectivity index (χ4v) is 1.33. The molecule has 3 N–H and O–H groups in total. The Labute approximate surface area is 107 Å². The molecule has 0 aromatic rings. The van der Waals surface area contributed by atoms with Gasteiger partial charge in [-0.2, -0.15) is 0 Å². The zero-order valence-corrected chi connectivity index (χ0v) is 11.4. The van der Waals surface area contributed by atoms with E-state index in [0.29, 0.717) is 6.54 Å². The highest BCUT2D eigenvalue weighted by Gasteiger charge is 2.25. The summed E-state index contributed by atoms with van der Waals surface area (Å²) in [6.45, 7) is 3.92. The highest BCUT2D eigenvalue weighted by atomic mass is 16.4. The highest BCUT2D eigenvalue weighted by molar-refractivity contribution is 6.02. The van der Waals surface area contributed by atoms with E-state index in [9.17, 15) is 9.59 Å². The van der Waals surface area contributed by atoms with Crippen LogP contribution >= 0.6 is 0 Å². The van der Waals surface area contributed by atoms with Gasteiger partial charge in [-0.25, -0.2) is 0 Å². The zero-order chi connectivity index (χ0) is 14.3. The highest BCUT2D eigenvalue weighted by Crippen LogP contribution is 2.04. The van der Waals surface area contributed by atoms with Crippen LogP contribution in [0.5, 0.6) is 0 Å². The number of hydrogen-bond donors (Lipinski definition) is 2. The van der Waals surface area contributed by atoms with Crippen LogP contribution in [0.1, 0.15) is 20.3 Å². The number of amides is 2. The second kappa shape index (κ2) is 7.52. The van der Waals surface area contributed by atoms with Crippen molar-refractivity contribution in [2.75, 3.05) is 27.2 Å². The summed E-state index contributed by atoms with van der Waals surface area (Å²) in [5, 5.41) is 11.4. The summed E-state index contributed by atoms with van der Waals surface area (Å²) in [5.41, 5.74) is 5.40. The lowest BCUT2D eigenvalue weighted by molar-refractivity contribution is -0.140. The third-order valence-corrected chi connectivity index (χ3v) is 2.56. The summed E-state index contributed by atoms with van der Waals surface area (Å²) in [6, 6.07) is 0. The van der Waals surface area contributed by atoms with Gasteiger partial charge < -0.3 is 20.7 Å². The summed E-state index contributed by atoms with van der Waals surface area (Å²) in [6.07, 6.45) is 0.731. The van der Waals surface area contributed by atoms with E-state index in [0.717, 1.165) is 6.42 Å². The molecule has 0 bridgehead atoms. The Bertz CT molecular complexity index is 328. The van der Waals surface area contributed by atoms with Crippen molar-refractivity contribution in [3.05, 3.63) is 0 Å². The predicted octanol–water partition coefficient (Wildman–Crippen LogP) is -0.304. The average Bonchev–Trinajstić information content (AvgIpc) is 2.35. The maximum atomic E-state index is 12.1. The van der Waals surface area contributed by atoms with Crippen molar-refractivity contribution >= 4 is 17.6 Å².